The summed E-state index contributed by atoms with van der Waals surface area (Å²) in [5.41, 5.74) is 0.651. The normalized spacial score (nSPS) is 10.3. The number of ether oxygens (including phenoxy) is 2. The van der Waals surface area contributed by atoms with E-state index in [0.717, 1.165) is 0 Å². The third kappa shape index (κ3) is 5.86. The van der Waals surface area contributed by atoms with Gasteiger partial charge in [-0.3, -0.25) is 4.79 Å². The Morgan fingerprint density at radius 3 is 2.68 bits per heavy atom. The molecule has 6 nitrogen and oxygen atoms in total. The van der Waals surface area contributed by atoms with Crippen LogP contribution in [0.4, 0.5) is 5.69 Å². The van der Waals surface area contributed by atoms with Gasteiger partial charge in [0.1, 0.15) is 11.5 Å². The predicted octanol–water partition coefficient (Wildman–Crippen LogP) is 3.73. The standard InChI is InChI=1S/C18H21NO5S/c1-3-22-15-8-6-5-7-14(15)19-17(20)12-25-11-13-9-10-16(24-13)18(21)23-4-2/h5-10H,3-4,11-12H2,1-2H3,(H,19,20). The Hall–Kier alpha value is -2.41. The van der Waals surface area contributed by atoms with Crippen molar-refractivity contribution in [1.29, 1.82) is 0 Å². The van der Waals surface area contributed by atoms with Crippen molar-refractivity contribution in [2.24, 2.45) is 0 Å². The van der Waals surface area contributed by atoms with Crippen molar-refractivity contribution in [1.82, 2.24) is 0 Å². The molecule has 1 aromatic heterocycles. The van der Waals surface area contributed by atoms with Gasteiger partial charge in [-0.2, -0.15) is 0 Å². The first kappa shape index (κ1) is 18.9. The Morgan fingerprint density at radius 1 is 1.12 bits per heavy atom. The minimum Gasteiger partial charge on any atom is -0.492 e. The summed E-state index contributed by atoms with van der Waals surface area (Å²) in [4.78, 5) is 23.6. The van der Waals surface area contributed by atoms with Crippen LogP contribution in [0.25, 0.3) is 0 Å². The fourth-order valence-electron chi connectivity index (χ4n) is 2.05. The molecule has 0 spiro atoms. The van der Waals surface area contributed by atoms with Crippen molar-refractivity contribution >= 4 is 29.3 Å². The van der Waals surface area contributed by atoms with Crippen molar-refractivity contribution in [2.45, 2.75) is 19.6 Å². The first-order valence-corrected chi connectivity index (χ1v) is 9.14. The van der Waals surface area contributed by atoms with E-state index < -0.39 is 5.97 Å². The minimum absolute atomic E-state index is 0.130. The molecule has 0 atom stereocenters. The number of furan rings is 1. The van der Waals surface area contributed by atoms with E-state index in [-0.39, 0.29) is 17.4 Å². The lowest BCUT2D eigenvalue weighted by Crippen LogP contribution is -2.15. The lowest BCUT2D eigenvalue weighted by atomic mass is 10.3. The molecule has 0 aliphatic rings. The number of anilines is 1. The summed E-state index contributed by atoms with van der Waals surface area (Å²) in [7, 11) is 0. The van der Waals surface area contributed by atoms with E-state index in [2.05, 4.69) is 5.32 Å². The van der Waals surface area contributed by atoms with Crippen LogP contribution in [0.3, 0.4) is 0 Å². The van der Waals surface area contributed by atoms with E-state index in [9.17, 15) is 9.59 Å². The topological polar surface area (TPSA) is 77.8 Å². The fraction of sp³-hybridized carbons (Fsp3) is 0.333. The van der Waals surface area contributed by atoms with Crippen LogP contribution >= 0.6 is 11.8 Å². The summed E-state index contributed by atoms with van der Waals surface area (Å²) in [6, 6.07) is 10.6. The lowest BCUT2D eigenvalue weighted by molar-refractivity contribution is -0.113. The number of rotatable bonds is 9. The summed E-state index contributed by atoms with van der Waals surface area (Å²) >= 11 is 1.39. The molecule has 0 radical (unpaired) electrons. The second-order valence-electron chi connectivity index (χ2n) is 4.96. The number of nitrogens with one attached hydrogen (secondary N) is 1. The highest BCUT2D eigenvalue weighted by Gasteiger charge is 2.13. The first-order chi connectivity index (χ1) is 12.1. The molecule has 2 aromatic rings. The van der Waals surface area contributed by atoms with E-state index in [1.54, 1.807) is 25.1 Å². The number of amides is 1. The number of carbonyl (C=O) groups excluding carboxylic acids is 2. The van der Waals surface area contributed by atoms with E-state index in [4.69, 9.17) is 13.9 Å². The van der Waals surface area contributed by atoms with Crippen LogP contribution in [0.1, 0.15) is 30.2 Å². The van der Waals surface area contributed by atoms with Gasteiger partial charge in [-0.1, -0.05) is 12.1 Å². The third-order valence-electron chi connectivity index (χ3n) is 3.08. The molecule has 0 bridgehead atoms. The number of hydrogen-bond donors (Lipinski definition) is 1. The van der Waals surface area contributed by atoms with Crippen LogP contribution in [0.2, 0.25) is 0 Å². The molecule has 1 aromatic carbocycles. The zero-order valence-electron chi connectivity index (χ0n) is 14.2. The highest BCUT2D eigenvalue weighted by Crippen LogP contribution is 2.24. The highest BCUT2D eigenvalue weighted by molar-refractivity contribution is 7.99. The van der Waals surface area contributed by atoms with Crippen molar-refractivity contribution in [3.8, 4) is 5.75 Å². The molecular weight excluding hydrogens is 342 g/mol. The molecule has 0 aliphatic carbocycles. The van der Waals surface area contributed by atoms with E-state index in [1.807, 2.05) is 25.1 Å². The Labute approximate surface area is 150 Å². The van der Waals surface area contributed by atoms with Gasteiger partial charge in [-0.05, 0) is 38.1 Å². The first-order valence-electron chi connectivity index (χ1n) is 7.99. The third-order valence-corrected chi connectivity index (χ3v) is 4.03. The van der Waals surface area contributed by atoms with Gasteiger partial charge in [0.05, 0.1) is 30.4 Å². The van der Waals surface area contributed by atoms with Gasteiger partial charge in [0.15, 0.2) is 0 Å². The van der Waals surface area contributed by atoms with Gasteiger partial charge in [-0.15, -0.1) is 11.8 Å². The van der Waals surface area contributed by atoms with Gasteiger partial charge in [0.25, 0.3) is 0 Å². The second-order valence-corrected chi connectivity index (χ2v) is 5.94. The highest BCUT2D eigenvalue weighted by atomic mass is 32.2. The molecule has 0 saturated heterocycles. The second kappa shape index (κ2) is 9.78. The maximum Gasteiger partial charge on any atom is 0.374 e. The molecule has 25 heavy (non-hydrogen) atoms. The molecule has 0 fully saturated rings. The van der Waals surface area contributed by atoms with Crippen LogP contribution in [0.15, 0.2) is 40.8 Å². The van der Waals surface area contributed by atoms with Crippen LogP contribution in [-0.4, -0.2) is 30.8 Å². The van der Waals surface area contributed by atoms with Crippen molar-refractivity contribution in [2.75, 3.05) is 24.3 Å². The summed E-state index contributed by atoms with van der Waals surface area (Å²) < 4.78 is 15.7. The monoisotopic (exact) mass is 363 g/mol. The van der Waals surface area contributed by atoms with Crippen molar-refractivity contribution < 1.29 is 23.5 Å². The fourth-order valence-corrected chi connectivity index (χ4v) is 2.77. The number of thioether (sulfide) groups is 1. The Kier molecular flexibility index (Phi) is 7.40. The van der Waals surface area contributed by atoms with E-state index in [1.165, 1.54) is 11.8 Å². The summed E-state index contributed by atoms with van der Waals surface area (Å²) in [5.74, 6) is 1.57. The molecule has 7 heteroatoms. The average molecular weight is 363 g/mol. The molecule has 1 N–H and O–H groups in total. The number of para-hydroxylation sites is 2. The molecular formula is C18H21NO5S. The van der Waals surface area contributed by atoms with Crippen LogP contribution in [0.5, 0.6) is 5.75 Å². The maximum atomic E-state index is 12.1. The Morgan fingerprint density at radius 2 is 1.92 bits per heavy atom. The number of hydrogen-bond acceptors (Lipinski definition) is 6. The zero-order chi connectivity index (χ0) is 18.1. The molecule has 0 saturated carbocycles. The minimum atomic E-state index is -0.482. The van der Waals surface area contributed by atoms with Crippen molar-refractivity contribution in [3.63, 3.8) is 0 Å². The largest absolute Gasteiger partial charge is 0.492 e. The van der Waals surface area contributed by atoms with Crippen LogP contribution in [-0.2, 0) is 15.3 Å². The van der Waals surface area contributed by atoms with Gasteiger partial charge in [0, 0.05) is 0 Å². The SMILES string of the molecule is CCOC(=O)c1ccc(CSCC(=O)Nc2ccccc2OCC)o1. The van der Waals surface area contributed by atoms with Crippen molar-refractivity contribution in [3.05, 3.63) is 47.9 Å². The van der Waals surface area contributed by atoms with Gasteiger partial charge in [0.2, 0.25) is 11.7 Å². The van der Waals surface area contributed by atoms with Crippen LogP contribution in [0, 0.1) is 0 Å². The van der Waals surface area contributed by atoms with Crippen LogP contribution < -0.4 is 10.1 Å². The predicted molar refractivity (Wildman–Crippen MR) is 97.1 cm³/mol. The molecule has 134 valence electrons. The van der Waals surface area contributed by atoms with E-state index in [0.29, 0.717) is 36.2 Å². The smallest absolute Gasteiger partial charge is 0.374 e. The number of esters is 1. The summed E-state index contributed by atoms with van der Waals surface area (Å²) in [6.45, 7) is 4.46. The number of benzene rings is 1. The van der Waals surface area contributed by atoms with Gasteiger partial charge >= 0.3 is 5.97 Å². The summed E-state index contributed by atoms with van der Waals surface area (Å²) in [5, 5.41) is 2.83. The van der Waals surface area contributed by atoms with Gasteiger partial charge in [-0.25, -0.2) is 4.79 Å². The maximum absolute atomic E-state index is 12.1. The summed E-state index contributed by atoms with van der Waals surface area (Å²) in [6.07, 6.45) is 0. The molecule has 1 amide bonds. The lowest BCUT2D eigenvalue weighted by Gasteiger charge is -2.10. The quantitative estimate of drug-likeness (QED) is 0.684. The molecule has 0 unspecified atom stereocenters. The van der Waals surface area contributed by atoms with Gasteiger partial charge < -0.3 is 19.2 Å². The zero-order valence-corrected chi connectivity index (χ0v) is 15.1. The Bertz CT molecular complexity index is 713. The molecule has 2 rings (SSSR count). The number of carbonyl (C=O) groups is 2. The average Bonchev–Trinajstić information content (AvgIpc) is 3.06. The van der Waals surface area contributed by atoms with E-state index >= 15 is 0 Å². The molecule has 0 aliphatic heterocycles. The molecule has 1 heterocycles. The Balaban J connectivity index is 1.80.